The highest BCUT2D eigenvalue weighted by Crippen LogP contribution is 2.30. The maximum Gasteiger partial charge on any atom is 0.256 e. The number of likely N-dealkylation sites (tertiary alicyclic amines) is 1. The van der Waals surface area contributed by atoms with Crippen molar-refractivity contribution in [2.75, 3.05) is 6.54 Å². The van der Waals surface area contributed by atoms with Crippen LogP contribution in [0.4, 0.5) is 0 Å². The highest BCUT2D eigenvalue weighted by molar-refractivity contribution is 6.30. The van der Waals surface area contributed by atoms with Gasteiger partial charge in [0.05, 0.1) is 23.0 Å². The lowest BCUT2D eigenvalue weighted by Crippen LogP contribution is -2.48. The van der Waals surface area contributed by atoms with Crippen LogP contribution in [-0.2, 0) is 6.42 Å². The quantitative estimate of drug-likeness (QED) is 0.606. The van der Waals surface area contributed by atoms with E-state index in [-0.39, 0.29) is 11.9 Å². The lowest BCUT2D eigenvalue weighted by atomic mass is 9.86. The minimum Gasteiger partial charge on any atom is -0.335 e. The Bertz CT molecular complexity index is 1000. The molecule has 2 aromatic heterocycles. The average Bonchev–Trinajstić information content (AvgIpc) is 3.27. The molecule has 3 heterocycles. The number of nitrogens with zero attached hydrogens (tertiary/aromatic N) is 5. The number of carbonyl (C=O) groups excluding carboxylic acids is 1. The first kappa shape index (κ1) is 20.5. The van der Waals surface area contributed by atoms with Gasteiger partial charge in [0.25, 0.3) is 5.91 Å². The number of benzene rings is 1. The van der Waals surface area contributed by atoms with Crippen LogP contribution in [0.25, 0.3) is 5.69 Å². The van der Waals surface area contributed by atoms with Gasteiger partial charge in [-0.15, -0.1) is 0 Å². The molecule has 156 valence electrons. The molecule has 1 aliphatic heterocycles. The van der Waals surface area contributed by atoms with E-state index in [0.717, 1.165) is 49.2 Å². The third-order valence-electron chi connectivity index (χ3n) is 5.95. The number of piperidine rings is 1. The molecule has 0 aliphatic carbocycles. The van der Waals surface area contributed by atoms with Crippen molar-refractivity contribution in [3.63, 3.8) is 0 Å². The van der Waals surface area contributed by atoms with Crippen molar-refractivity contribution in [1.82, 2.24) is 24.9 Å². The Labute approximate surface area is 181 Å². The SMILES string of the molecule is Cc1cccc(C(=O)N2CCC[C@@H](C)[C@H]2CCc2ccc(Cl)cn2)c1-n1nccn1. The largest absolute Gasteiger partial charge is 0.335 e. The molecule has 1 amide bonds. The Morgan fingerprint density at radius 1 is 1.20 bits per heavy atom. The van der Waals surface area contributed by atoms with E-state index in [9.17, 15) is 4.79 Å². The van der Waals surface area contributed by atoms with Gasteiger partial charge in [-0.3, -0.25) is 9.78 Å². The Kier molecular flexibility index (Phi) is 6.13. The third kappa shape index (κ3) is 4.24. The summed E-state index contributed by atoms with van der Waals surface area (Å²) in [6.07, 6.45) is 8.78. The minimum absolute atomic E-state index is 0.0478. The van der Waals surface area contributed by atoms with Gasteiger partial charge in [0, 0.05) is 24.5 Å². The van der Waals surface area contributed by atoms with Crippen molar-refractivity contribution >= 4 is 17.5 Å². The van der Waals surface area contributed by atoms with Crippen LogP contribution in [-0.4, -0.2) is 43.4 Å². The first-order valence-electron chi connectivity index (χ1n) is 10.4. The average molecular weight is 424 g/mol. The number of rotatable bonds is 5. The fourth-order valence-electron chi connectivity index (χ4n) is 4.37. The summed E-state index contributed by atoms with van der Waals surface area (Å²) in [7, 11) is 0. The van der Waals surface area contributed by atoms with Crippen LogP contribution in [0.2, 0.25) is 5.02 Å². The van der Waals surface area contributed by atoms with Gasteiger partial charge < -0.3 is 4.90 Å². The number of hydrogen-bond donors (Lipinski definition) is 0. The zero-order valence-corrected chi connectivity index (χ0v) is 18.1. The third-order valence-corrected chi connectivity index (χ3v) is 6.17. The second-order valence-corrected chi connectivity index (χ2v) is 8.42. The van der Waals surface area contributed by atoms with Gasteiger partial charge in [0.15, 0.2) is 0 Å². The zero-order valence-electron chi connectivity index (χ0n) is 17.3. The van der Waals surface area contributed by atoms with Crippen LogP contribution in [0, 0.1) is 12.8 Å². The zero-order chi connectivity index (χ0) is 21.1. The van der Waals surface area contributed by atoms with Gasteiger partial charge in [-0.05, 0) is 62.3 Å². The molecular weight excluding hydrogens is 398 g/mol. The Balaban J connectivity index is 1.60. The molecule has 1 fully saturated rings. The lowest BCUT2D eigenvalue weighted by molar-refractivity contribution is 0.0498. The molecule has 0 saturated carbocycles. The molecule has 1 saturated heterocycles. The molecule has 3 aromatic rings. The second-order valence-electron chi connectivity index (χ2n) is 7.98. The maximum atomic E-state index is 13.7. The van der Waals surface area contributed by atoms with Crippen molar-refractivity contribution in [3.05, 3.63) is 70.8 Å². The number of halogens is 1. The van der Waals surface area contributed by atoms with Crippen LogP contribution in [0.15, 0.2) is 48.9 Å². The number of pyridine rings is 1. The van der Waals surface area contributed by atoms with E-state index in [1.54, 1.807) is 23.4 Å². The molecule has 0 unspecified atom stereocenters. The predicted molar refractivity (Wildman–Crippen MR) is 117 cm³/mol. The van der Waals surface area contributed by atoms with E-state index in [4.69, 9.17) is 11.6 Å². The summed E-state index contributed by atoms with van der Waals surface area (Å²) in [6, 6.07) is 9.79. The Hall–Kier alpha value is -2.73. The summed E-state index contributed by atoms with van der Waals surface area (Å²) in [6.45, 7) is 4.99. The summed E-state index contributed by atoms with van der Waals surface area (Å²) in [5, 5.41) is 9.18. The number of carbonyl (C=O) groups is 1. The fourth-order valence-corrected chi connectivity index (χ4v) is 4.49. The number of para-hydroxylation sites is 1. The summed E-state index contributed by atoms with van der Waals surface area (Å²) in [5.41, 5.74) is 3.38. The van der Waals surface area contributed by atoms with E-state index in [1.807, 2.05) is 42.2 Å². The van der Waals surface area contributed by atoms with Crippen LogP contribution in [0.5, 0.6) is 0 Å². The summed E-state index contributed by atoms with van der Waals surface area (Å²) in [5.74, 6) is 0.484. The van der Waals surface area contributed by atoms with E-state index >= 15 is 0 Å². The minimum atomic E-state index is 0.0478. The standard InChI is InChI=1S/C23H26ClN5O/c1-16-6-4-14-28(21(16)11-10-19-9-8-18(24)15-25-19)23(30)20-7-3-5-17(2)22(20)29-26-12-13-27-29/h3,5,7-9,12-13,15-16,21H,4,6,10-11,14H2,1-2H3/t16-,21-/m1/s1. The smallest absolute Gasteiger partial charge is 0.256 e. The first-order valence-corrected chi connectivity index (χ1v) is 10.8. The van der Waals surface area contributed by atoms with Gasteiger partial charge in [-0.25, -0.2) is 0 Å². The number of amides is 1. The number of aryl methyl sites for hydroxylation is 2. The molecule has 1 aliphatic rings. The maximum absolute atomic E-state index is 13.7. The molecule has 1 aromatic carbocycles. The summed E-state index contributed by atoms with van der Waals surface area (Å²) >= 11 is 5.96. The summed E-state index contributed by atoms with van der Waals surface area (Å²) in [4.78, 5) is 21.7. The van der Waals surface area contributed by atoms with Crippen molar-refractivity contribution in [3.8, 4) is 5.69 Å². The highest BCUT2D eigenvalue weighted by atomic mass is 35.5. The van der Waals surface area contributed by atoms with Crippen molar-refractivity contribution in [2.45, 2.75) is 45.6 Å². The topological polar surface area (TPSA) is 63.9 Å². The monoisotopic (exact) mass is 423 g/mol. The van der Waals surface area contributed by atoms with Crippen molar-refractivity contribution in [2.24, 2.45) is 5.92 Å². The molecule has 4 rings (SSSR count). The molecule has 0 N–H and O–H groups in total. The van der Waals surface area contributed by atoms with Gasteiger partial charge >= 0.3 is 0 Å². The molecule has 2 atom stereocenters. The first-order chi connectivity index (χ1) is 14.5. The van der Waals surface area contributed by atoms with Crippen molar-refractivity contribution < 1.29 is 4.79 Å². The van der Waals surface area contributed by atoms with Gasteiger partial charge in [-0.1, -0.05) is 30.7 Å². The van der Waals surface area contributed by atoms with E-state index in [2.05, 4.69) is 22.1 Å². The van der Waals surface area contributed by atoms with Gasteiger partial charge in [-0.2, -0.15) is 15.0 Å². The second kappa shape index (κ2) is 8.96. The number of hydrogen-bond acceptors (Lipinski definition) is 4. The Morgan fingerprint density at radius 3 is 2.73 bits per heavy atom. The van der Waals surface area contributed by atoms with Crippen LogP contribution in [0.1, 0.15) is 47.8 Å². The molecule has 6 nitrogen and oxygen atoms in total. The lowest BCUT2D eigenvalue weighted by Gasteiger charge is -2.40. The molecule has 0 bridgehead atoms. The fraction of sp³-hybridized carbons (Fsp3) is 0.391. The summed E-state index contributed by atoms with van der Waals surface area (Å²) < 4.78 is 0. The van der Waals surface area contributed by atoms with Crippen molar-refractivity contribution in [1.29, 1.82) is 0 Å². The van der Waals surface area contributed by atoms with Crippen LogP contribution in [0.3, 0.4) is 0 Å². The molecule has 0 radical (unpaired) electrons. The van der Waals surface area contributed by atoms with Crippen LogP contribution < -0.4 is 0 Å². The molecule has 0 spiro atoms. The normalized spacial score (nSPS) is 19.1. The van der Waals surface area contributed by atoms with Gasteiger partial charge in [0.1, 0.15) is 5.69 Å². The Morgan fingerprint density at radius 2 is 2.00 bits per heavy atom. The molecule has 7 heteroatoms. The highest BCUT2D eigenvalue weighted by Gasteiger charge is 2.33. The predicted octanol–water partition coefficient (Wildman–Crippen LogP) is 4.50. The number of aromatic nitrogens is 4. The van der Waals surface area contributed by atoms with E-state index in [0.29, 0.717) is 16.5 Å². The van der Waals surface area contributed by atoms with Crippen LogP contribution >= 0.6 is 11.6 Å². The van der Waals surface area contributed by atoms with E-state index in [1.165, 1.54) is 0 Å². The molecular formula is C23H26ClN5O. The van der Waals surface area contributed by atoms with Gasteiger partial charge in [0.2, 0.25) is 0 Å². The van der Waals surface area contributed by atoms with E-state index < -0.39 is 0 Å². The molecule has 30 heavy (non-hydrogen) atoms.